The zero-order valence-corrected chi connectivity index (χ0v) is 14.9. The fourth-order valence-corrected chi connectivity index (χ4v) is 5.55. The molecule has 4 rings (SSSR count). The molecule has 9 heteroatoms. The summed E-state index contributed by atoms with van der Waals surface area (Å²) in [6, 6.07) is 1.38. The van der Waals surface area contributed by atoms with Gasteiger partial charge in [-0.3, -0.25) is 4.79 Å². The molecule has 0 aromatic carbocycles. The molecule has 8 nitrogen and oxygen atoms in total. The molecule has 0 radical (unpaired) electrons. The molecule has 25 heavy (non-hydrogen) atoms. The highest BCUT2D eigenvalue weighted by Crippen LogP contribution is 2.26. The van der Waals surface area contributed by atoms with Crippen LogP contribution in [0.1, 0.15) is 30.5 Å². The first-order chi connectivity index (χ1) is 12.0. The second-order valence-electron chi connectivity index (χ2n) is 6.72. The number of fused-ring (bicyclic) bond motifs is 1. The van der Waals surface area contributed by atoms with Gasteiger partial charge in [0.25, 0.3) is 15.6 Å². The maximum atomic E-state index is 12.9. The van der Waals surface area contributed by atoms with Crippen LogP contribution in [0.4, 0.5) is 0 Å². The van der Waals surface area contributed by atoms with Crippen LogP contribution in [0.2, 0.25) is 0 Å². The van der Waals surface area contributed by atoms with Gasteiger partial charge in [-0.15, -0.1) is 0 Å². The van der Waals surface area contributed by atoms with Crippen LogP contribution in [0.3, 0.4) is 0 Å². The van der Waals surface area contributed by atoms with Gasteiger partial charge in [0.1, 0.15) is 0 Å². The van der Waals surface area contributed by atoms with Gasteiger partial charge in [-0.2, -0.15) is 9.40 Å². The van der Waals surface area contributed by atoms with Gasteiger partial charge in [0.05, 0.1) is 12.2 Å². The minimum absolute atomic E-state index is 0.0358. The molecule has 0 amide bonds. The number of hydrogen-bond donors (Lipinski definition) is 0. The van der Waals surface area contributed by atoms with E-state index in [1.165, 1.54) is 19.8 Å². The van der Waals surface area contributed by atoms with Crippen LogP contribution in [-0.4, -0.2) is 44.6 Å². The highest BCUT2D eigenvalue weighted by atomic mass is 32.2. The number of hydrogen-bond acceptors (Lipinski definition) is 5. The van der Waals surface area contributed by atoms with E-state index in [1.54, 1.807) is 19.3 Å². The Kier molecular flexibility index (Phi) is 3.99. The summed E-state index contributed by atoms with van der Waals surface area (Å²) in [5.41, 5.74) is 1.85. The molecule has 3 heterocycles. The predicted molar refractivity (Wildman–Crippen MR) is 90.6 cm³/mol. The third kappa shape index (κ3) is 2.81. The van der Waals surface area contributed by atoms with E-state index in [0.29, 0.717) is 6.54 Å². The van der Waals surface area contributed by atoms with E-state index in [4.69, 9.17) is 0 Å². The van der Waals surface area contributed by atoms with Gasteiger partial charge in [0.15, 0.2) is 0 Å². The fourth-order valence-electron chi connectivity index (χ4n) is 3.78. The van der Waals surface area contributed by atoms with Crippen molar-refractivity contribution in [3.05, 3.63) is 40.1 Å². The van der Waals surface area contributed by atoms with Crippen LogP contribution in [-0.2, 0) is 36.5 Å². The summed E-state index contributed by atoms with van der Waals surface area (Å²) in [7, 11) is -2.01. The van der Waals surface area contributed by atoms with Crippen molar-refractivity contribution in [2.75, 3.05) is 6.54 Å². The van der Waals surface area contributed by atoms with Gasteiger partial charge < -0.3 is 4.57 Å². The number of aromatic nitrogens is 4. The number of nitrogens with zero attached hydrogens (tertiary/aromatic N) is 5. The Labute approximate surface area is 146 Å². The molecule has 1 atom stereocenters. The average Bonchev–Trinajstić information content (AvgIpc) is 3.28. The van der Waals surface area contributed by atoms with Crippen LogP contribution in [0, 0.1) is 0 Å². The van der Waals surface area contributed by atoms with Crippen molar-refractivity contribution in [2.24, 2.45) is 7.05 Å². The van der Waals surface area contributed by atoms with Crippen LogP contribution in [0.5, 0.6) is 0 Å². The standard InChI is InChI=1S/C16H21N5O3S/c1-19-9-7-17-16(19)25(23,24)21-8-3-5-13(21)11-20-15(22)10-12-4-2-6-14(12)18-20/h7,9-10,13H,2-6,8,11H2,1H3. The molecule has 2 aliphatic rings. The third-order valence-electron chi connectivity index (χ3n) is 5.05. The topological polar surface area (TPSA) is 90.1 Å². The Bertz CT molecular complexity index is 962. The average molecular weight is 363 g/mol. The predicted octanol–water partition coefficient (Wildman–Crippen LogP) is 0.319. The quantitative estimate of drug-likeness (QED) is 0.780. The van der Waals surface area contributed by atoms with Gasteiger partial charge in [-0.1, -0.05) is 0 Å². The molecular formula is C16H21N5O3S. The van der Waals surface area contributed by atoms with Gasteiger partial charge in [-0.05, 0) is 37.7 Å². The first-order valence-electron chi connectivity index (χ1n) is 8.56. The molecule has 1 unspecified atom stereocenters. The third-order valence-corrected chi connectivity index (χ3v) is 7.00. The summed E-state index contributed by atoms with van der Waals surface area (Å²) in [6.45, 7) is 0.731. The zero-order chi connectivity index (χ0) is 17.6. The summed E-state index contributed by atoms with van der Waals surface area (Å²) in [4.78, 5) is 16.3. The summed E-state index contributed by atoms with van der Waals surface area (Å²) in [5.74, 6) is 0. The summed E-state index contributed by atoms with van der Waals surface area (Å²) >= 11 is 0. The van der Waals surface area contributed by atoms with Crippen LogP contribution in [0.25, 0.3) is 0 Å². The molecular weight excluding hydrogens is 342 g/mol. The molecule has 0 spiro atoms. The second-order valence-corrected chi connectivity index (χ2v) is 8.51. The Morgan fingerprint density at radius 1 is 1.28 bits per heavy atom. The summed E-state index contributed by atoms with van der Waals surface area (Å²) < 4.78 is 30.3. The normalized spacial score (nSPS) is 20.9. The SMILES string of the molecule is Cn1ccnc1S(=O)(=O)N1CCCC1Cn1nc2c(cc1=O)CCC2. The lowest BCUT2D eigenvalue weighted by Crippen LogP contribution is -2.41. The lowest BCUT2D eigenvalue weighted by atomic mass is 10.2. The van der Waals surface area contributed by atoms with E-state index < -0.39 is 10.0 Å². The van der Waals surface area contributed by atoms with E-state index >= 15 is 0 Å². The van der Waals surface area contributed by atoms with Crippen molar-refractivity contribution >= 4 is 10.0 Å². The lowest BCUT2D eigenvalue weighted by molar-refractivity contribution is 0.331. The fraction of sp³-hybridized carbons (Fsp3) is 0.562. The van der Waals surface area contributed by atoms with Crippen molar-refractivity contribution in [1.29, 1.82) is 0 Å². The van der Waals surface area contributed by atoms with Gasteiger partial charge >= 0.3 is 0 Å². The summed E-state index contributed by atoms with van der Waals surface area (Å²) in [5, 5.41) is 4.51. The number of imidazole rings is 1. The van der Waals surface area contributed by atoms with Crippen molar-refractivity contribution in [3.63, 3.8) is 0 Å². The van der Waals surface area contributed by atoms with Crippen LogP contribution < -0.4 is 5.56 Å². The zero-order valence-electron chi connectivity index (χ0n) is 14.1. The second kappa shape index (κ2) is 6.06. The van der Waals surface area contributed by atoms with Crippen LogP contribution >= 0.6 is 0 Å². The maximum absolute atomic E-state index is 12.9. The molecule has 1 aliphatic heterocycles. The van der Waals surface area contributed by atoms with Gasteiger partial charge in [0.2, 0.25) is 5.16 Å². The number of sulfonamides is 1. The largest absolute Gasteiger partial charge is 0.324 e. The minimum Gasteiger partial charge on any atom is -0.324 e. The first kappa shape index (κ1) is 16.5. The highest BCUT2D eigenvalue weighted by molar-refractivity contribution is 7.89. The number of rotatable bonds is 4. The smallest absolute Gasteiger partial charge is 0.277 e. The Morgan fingerprint density at radius 3 is 2.88 bits per heavy atom. The van der Waals surface area contributed by atoms with Gasteiger partial charge in [0, 0.05) is 38.1 Å². The van der Waals surface area contributed by atoms with E-state index in [9.17, 15) is 13.2 Å². The molecule has 1 fully saturated rings. The molecule has 1 aliphatic carbocycles. The molecule has 2 aromatic heterocycles. The highest BCUT2D eigenvalue weighted by Gasteiger charge is 2.38. The van der Waals surface area contributed by atoms with Crippen molar-refractivity contribution in [3.8, 4) is 0 Å². The number of aryl methyl sites for hydroxylation is 3. The van der Waals surface area contributed by atoms with E-state index in [-0.39, 0.29) is 23.3 Å². The van der Waals surface area contributed by atoms with Crippen LogP contribution in [0.15, 0.2) is 28.4 Å². The molecule has 2 aromatic rings. The van der Waals surface area contributed by atoms with Crippen molar-refractivity contribution in [1.82, 2.24) is 23.6 Å². The molecule has 1 saturated heterocycles. The Morgan fingerprint density at radius 2 is 2.12 bits per heavy atom. The van der Waals surface area contributed by atoms with E-state index in [2.05, 4.69) is 10.1 Å². The molecule has 0 bridgehead atoms. The van der Waals surface area contributed by atoms with Crippen molar-refractivity contribution in [2.45, 2.75) is 49.8 Å². The van der Waals surface area contributed by atoms with Gasteiger partial charge in [-0.25, -0.2) is 18.1 Å². The Balaban J connectivity index is 1.63. The summed E-state index contributed by atoms with van der Waals surface area (Å²) in [6.07, 6.45) is 7.39. The van der Waals surface area contributed by atoms with Crippen molar-refractivity contribution < 1.29 is 8.42 Å². The minimum atomic E-state index is -3.68. The molecule has 134 valence electrons. The first-order valence-corrected chi connectivity index (χ1v) is 10.00. The van der Waals surface area contributed by atoms with E-state index in [0.717, 1.165) is 43.4 Å². The maximum Gasteiger partial charge on any atom is 0.277 e. The molecule has 0 saturated carbocycles. The monoisotopic (exact) mass is 363 g/mol. The van der Waals surface area contributed by atoms with E-state index in [1.807, 2.05) is 0 Å². The lowest BCUT2D eigenvalue weighted by Gasteiger charge is -2.24. The Hall–Kier alpha value is -2.00. The molecule has 0 N–H and O–H groups in total.